The van der Waals surface area contributed by atoms with E-state index in [4.69, 9.17) is 0 Å². The van der Waals surface area contributed by atoms with Crippen molar-refractivity contribution in [3.8, 4) is 0 Å². The Kier molecular flexibility index (Phi) is 2.98. The number of aromatic amines is 1. The molecule has 0 amide bonds. The van der Waals surface area contributed by atoms with Crippen molar-refractivity contribution in [2.75, 3.05) is 0 Å². The van der Waals surface area contributed by atoms with Gasteiger partial charge in [0, 0.05) is 17.8 Å². The summed E-state index contributed by atoms with van der Waals surface area (Å²) in [6.45, 7) is 1.50. The van der Waals surface area contributed by atoms with Gasteiger partial charge in [0.2, 0.25) is 0 Å². The lowest BCUT2D eigenvalue weighted by Gasteiger charge is -2.03. The molecule has 1 fully saturated rings. The average Bonchev–Trinajstić information content (AvgIpc) is 3.16. The number of H-pyrrole nitrogens is 1. The van der Waals surface area contributed by atoms with E-state index in [0.717, 1.165) is 12.8 Å². The van der Waals surface area contributed by atoms with Crippen molar-refractivity contribution in [2.45, 2.75) is 36.0 Å². The second-order valence-electron chi connectivity index (χ2n) is 4.46. The van der Waals surface area contributed by atoms with Gasteiger partial charge < -0.3 is 0 Å². The number of nitrogens with one attached hydrogen (secondary N) is 1. The van der Waals surface area contributed by atoms with Crippen LogP contribution >= 0.6 is 11.8 Å². The lowest BCUT2D eigenvalue weighted by atomic mass is 10.2. The highest BCUT2D eigenvalue weighted by Crippen LogP contribution is 2.37. The number of hydrogen-bond donors (Lipinski definition) is 1. The molecule has 1 N–H and O–H groups in total. The number of nitrogens with zero attached hydrogens (tertiary/aromatic N) is 3. The zero-order valence-corrected chi connectivity index (χ0v) is 11.1. The van der Waals surface area contributed by atoms with Crippen LogP contribution in [0.1, 0.15) is 36.2 Å². The molecule has 0 saturated heterocycles. The SMILES string of the molecule is CC(=O)c1ccc(Sc2n[nH]c(=O)n2C2CC2)nc1. The highest BCUT2D eigenvalue weighted by atomic mass is 32.2. The molecule has 2 heterocycles. The van der Waals surface area contributed by atoms with Gasteiger partial charge >= 0.3 is 5.69 Å². The van der Waals surface area contributed by atoms with E-state index >= 15 is 0 Å². The Hall–Kier alpha value is -1.89. The fourth-order valence-corrected chi connectivity index (χ4v) is 2.61. The standard InChI is InChI=1S/C12H12N4O2S/c1-7(17)8-2-5-10(13-6-8)19-12-15-14-11(18)16(12)9-3-4-9/h2,5-6,9H,3-4H2,1H3,(H,14,18). The van der Waals surface area contributed by atoms with Crippen LogP contribution < -0.4 is 5.69 Å². The van der Waals surface area contributed by atoms with Gasteiger partial charge in [-0.15, -0.1) is 5.10 Å². The molecule has 0 aromatic carbocycles. The Labute approximate surface area is 113 Å². The highest BCUT2D eigenvalue weighted by Gasteiger charge is 2.28. The third kappa shape index (κ3) is 2.46. The Morgan fingerprint density at radius 1 is 1.47 bits per heavy atom. The first-order valence-corrected chi connectivity index (χ1v) is 6.78. The van der Waals surface area contributed by atoms with Crippen molar-refractivity contribution in [1.82, 2.24) is 19.7 Å². The molecule has 19 heavy (non-hydrogen) atoms. The Bertz CT molecular complexity index is 670. The molecule has 6 nitrogen and oxygen atoms in total. The summed E-state index contributed by atoms with van der Waals surface area (Å²) in [5, 5.41) is 7.81. The van der Waals surface area contributed by atoms with Crippen LogP contribution in [0.4, 0.5) is 0 Å². The molecule has 2 aromatic heterocycles. The van der Waals surface area contributed by atoms with Gasteiger partial charge in [-0.25, -0.2) is 14.9 Å². The average molecular weight is 276 g/mol. The quantitative estimate of drug-likeness (QED) is 0.859. The molecule has 0 spiro atoms. The molecule has 1 saturated carbocycles. The Morgan fingerprint density at radius 2 is 2.26 bits per heavy atom. The first-order valence-electron chi connectivity index (χ1n) is 5.97. The summed E-state index contributed by atoms with van der Waals surface area (Å²) in [6.07, 6.45) is 3.57. The Morgan fingerprint density at radius 3 is 2.84 bits per heavy atom. The third-order valence-corrected chi connectivity index (χ3v) is 3.84. The van der Waals surface area contributed by atoms with Gasteiger partial charge in [-0.3, -0.25) is 9.36 Å². The summed E-state index contributed by atoms with van der Waals surface area (Å²) in [6, 6.07) is 3.76. The lowest BCUT2D eigenvalue weighted by molar-refractivity contribution is 0.101. The summed E-state index contributed by atoms with van der Waals surface area (Å²) in [4.78, 5) is 27.0. The van der Waals surface area contributed by atoms with Crippen LogP contribution in [0.5, 0.6) is 0 Å². The predicted octanol–water partition coefficient (Wildman–Crippen LogP) is 1.66. The van der Waals surface area contributed by atoms with Crippen molar-refractivity contribution in [1.29, 1.82) is 0 Å². The monoisotopic (exact) mass is 276 g/mol. The third-order valence-electron chi connectivity index (χ3n) is 2.92. The maximum Gasteiger partial charge on any atom is 0.344 e. The van der Waals surface area contributed by atoms with Crippen LogP contribution in [0.25, 0.3) is 0 Å². The molecule has 2 aromatic rings. The van der Waals surface area contributed by atoms with E-state index in [1.54, 1.807) is 16.7 Å². The van der Waals surface area contributed by atoms with Crippen LogP contribution in [0.2, 0.25) is 0 Å². The van der Waals surface area contributed by atoms with E-state index in [1.165, 1.54) is 24.9 Å². The normalized spacial score (nSPS) is 14.6. The van der Waals surface area contributed by atoms with Crippen LogP contribution in [-0.4, -0.2) is 25.5 Å². The number of rotatable bonds is 4. The fraction of sp³-hybridized carbons (Fsp3) is 0.333. The molecule has 3 rings (SSSR count). The number of hydrogen-bond acceptors (Lipinski definition) is 5. The topological polar surface area (TPSA) is 80.6 Å². The van der Waals surface area contributed by atoms with Gasteiger partial charge in [0.05, 0.1) is 0 Å². The van der Waals surface area contributed by atoms with E-state index < -0.39 is 0 Å². The van der Waals surface area contributed by atoms with Gasteiger partial charge in [0.1, 0.15) is 5.03 Å². The highest BCUT2D eigenvalue weighted by molar-refractivity contribution is 7.99. The minimum atomic E-state index is -0.176. The van der Waals surface area contributed by atoms with Crippen molar-refractivity contribution in [3.05, 3.63) is 34.4 Å². The molecule has 98 valence electrons. The van der Waals surface area contributed by atoms with Crippen LogP contribution in [0.15, 0.2) is 33.3 Å². The molecule has 7 heteroatoms. The van der Waals surface area contributed by atoms with E-state index in [1.807, 2.05) is 0 Å². The van der Waals surface area contributed by atoms with Crippen molar-refractivity contribution in [3.63, 3.8) is 0 Å². The van der Waals surface area contributed by atoms with Crippen molar-refractivity contribution in [2.24, 2.45) is 0 Å². The largest absolute Gasteiger partial charge is 0.344 e. The number of pyridine rings is 1. The predicted molar refractivity (Wildman–Crippen MR) is 69.5 cm³/mol. The van der Waals surface area contributed by atoms with Gasteiger partial charge in [0.25, 0.3) is 0 Å². The lowest BCUT2D eigenvalue weighted by Crippen LogP contribution is -2.16. The minimum Gasteiger partial charge on any atom is -0.294 e. The molecule has 1 aliphatic carbocycles. The number of aromatic nitrogens is 4. The molecule has 0 radical (unpaired) electrons. The van der Waals surface area contributed by atoms with Crippen molar-refractivity contribution < 1.29 is 4.79 Å². The second kappa shape index (κ2) is 4.65. The van der Waals surface area contributed by atoms with E-state index in [9.17, 15) is 9.59 Å². The van der Waals surface area contributed by atoms with Crippen LogP contribution in [-0.2, 0) is 0 Å². The molecule has 0 bridgehead atoms. The van der Waals surface area contributed by atoms with Crippen LogP contribution in [0, 0.1) is 0 Å². The Balaban J connectivity index is 1.85. The number of carbonyl (C=O) groups excluding carboxylic acids is 1. The molecule has 1 aliphatic rings. The van der Waals surface area contributed by atoms with Gasteiger partial charge in [-0.05, 0) is 43.7 Å². The first kappa shape index (κ1) is 12.2. The van der Waals surface area contributed by atoms with E-state index in [0.29, 0.717) is 15.7 Å². The summed E-state index contributed by atoms with van der Waals surface area (Å²) < 4.78 is 1.67. The maximum absolute atomic E-state index is 11.6. The van der Waals surface area contributed by atoms with E-state index in [-0.39, 0.29) is 17.5 Å². The smallest absolute Gasteiger partial charge is 0.294 e. The number of Topliss-reactive ketones (excluding diaryl/α,β-unsaturated/α-hetero) is 1. The van der Waals surface area contributed by atoms with Crippen molar-refractivity contribution >= 4 is 17.5 Å². The molecule has 0 unspecified atom stereocenters. The summed E-state index contributed by atoms with van der Waals surface area (Å²) in [7, 11) is 0. The molecule has 0 aliphatic heterocycles. The number of ketones is 1. The summed E-state index contributed by atoms with van der Waals surface area (Å²) in [5.74, 6) is -0.0151. The zero-order valence-electron chi connectivity index (χ0n) is 10.3. The number of carbonyl (C=O) groups is 1. The molecular weight excluding hydrogens is 264 g/mol. The zero-order chi connectivity index (χ0) is 13.4. The molecule has 0 atom stereocenters. The minimum absolute atomic E-state index is 0.0151. The fourth-order valence-electron chi connectivity index (χ4n) is 1.76. The molecular formula is C12H12N4O2S. The van der Waals surface area contributed by atoms with E-state index in [2.05, 4.69) is 15.2 Å². The second-order valence-corrected chi connectivity index (χ2v) is 5.44. The summed E-state index contributed by atoms with van der Waals surface area (Å²) in [5.41, 5.74) is 0.399. The maximum atomic E-state index is 11.6. The summed E-state index contributed by atoms with van der Waals surface area (Å²) >= 11 is 1.32. The van der Waals surface area contributed by atoms with Gasteiger partial charge in [-0.2, -0.15) is 0 Å². The van der Waals surface area contributed by atoms with Gasteiger partial charge in [-0.1, -0.05) is 0 Å². The van der Waals surface area contributed by atoms with Gasteiger partial charge in [0.15, 0.2) is 10.9 Å². The first-order chi connectivity index (χ1) is 9.15. The van der Waals surface area contributed by atoms with Crippen LogP contribution in [0.3, 0.4) is 0 Å².